The van der Waals surface area contributed by atoms with Crippen LogP contribution in [0.15, 0.2) is 14.3 Å². The van der Waals surface area contributed by atoms with Crippen LogP contribution in [0, 0.1) is 11.3 Å². The summed E-state index contributed by atoms with van der Waals surface area (Å²) in [7, 11) is 0. The third kappa shape index (κ3) is 3.26. The van der Waals surface area contributed by atoms with Gasteiger partial charge in [0.1, 0.15) is 0 Å². The first-order valence-corrected chi connectivity index (χ1v) is 9.25. The zero-order valence-corrected chi connectivity index (χ0v) is 15.2. The molecule has 2 nitrogen and oxygen atoms in total. The number of hydrogen-bond donors (Lipinski definition) is 2. The fraction of sp³-hybridized carbons (Fsp3) is 0.714. The molecule has 5 heteroatoms. The highest BCUT2D eigenvalue weighted by atomic mass is 79.9. The Labute approximate surface area is 136 Å². The normalized spacial score (nSPS) is 29.4. The van der Waals surface area contributed by atoms with Crippen molar-refractivity contribution in [1.29, 1.82) is 0 Å². The van der Waals surface area contributed by atoms with Gasteiger partial charge in [-0.15, -0.1) is 11.3 Å². The zero-order chi connectivity index (χ0) is 14.0. The van der Waals surface area contributed by atoms with Gasteiger partial charge in [-0.05, 0) is 56.7 Å². The number of nitrogens with two attached hydrogens (primary N) is 1. The van der Waals surface area contributed by atoms with Gasteiger partial charge in [0, 0.05) is 21.3 Å². The Hall–Kier alpha value is 0.580. The number of halogens is 2. The number of thiophene rings is 1. The predicted molar refractivity (Wildman–Crippen MR) is 88.4 cm³/mol. The Morgan fingerprint density at radius 2 is 2.32 bits per heavy atom. The molecule has 0 aromatic carbocycles. The van der Waals surface area contributed by atoms with Gasteiger partial charge in [-0.25, -0.2) is 0 Å². The van der Waals surface area contributed by atoms with Gasteiger partial charge in [0.15, 0.2) is 0 Å². The summed E-state index contributed by atoms with van der Waals surface area (Å²) in [6.07, 6.45) is 5.29. The Kier molecular flexibility index (Phi) is 5.51. The second-order valence-corrected chi connectivity index (χ2v) is 8.87. The van der Waals surface area contributed by atoms with Crippen molar-refractivity contribution in [2.24, 2.45) is 17.1 Å². The molecule has 1 aliphatic rings. The number of aliphatic hydroxyl groups is 1. The smallest absolute Gasteiger partial charge is 0.0950 e. The fourth-order valence-corrected chi connectivity index (χ4v) is 5.43. The van der Waals surface area contributed by atoms with E-state index < -0.39 is 6.10 Å². The SMILES string of the molecule is CCC1CCCC(CN)(C(O)c2cc(Br)c(Br)s2)C1. The lowest BCUT2D eigenvalue weighted by Gasteiger charge is -2.43. The zero-order valence-electron chi connectivity index (χ0n) is 11.2. The van der Waals surface area contributed by atoms with E-state index in [1.165, 1.54) is 19.3 Å². The topological polar surface area (TPSA) is 46.2 Å². The molecule has 19 heavy (non-hydrogen) atoms. The molecule has 0 bridgehead atoms. The van der Waals surface area contributed by atoms with E-state index in [1.54, 1.807) is 11.3 Å². The lowest BCUT2D eigenvalue weighted by molar-refractivity contribution is -0.0140. The van der Waals surface area contributed by atoms with Crippen molar-refractivity contribution in [3.05, 3.63) is 19.2 Å². The first-order valence-electron chi connectivity index (χ1n) is 6.85. The Bertz CT molecular complexity index is 418. The van der Waals surface area contributed by atoms with Gasteiger partial charge in [-0.3, -0.25) is 0 Å². The van der Waals surface area contributed by atoms with Crippen LogP contribution in [0.3, 0.4) is 0 Å². The molecular weight excluding hydrogens is 390 g/mol. The lowest BCUT2D eigenvalue weighted by Crippen LogP contribution is -2.40. The quantitative estimate of drug-likeness (QED) is 0.744. The second-order valence-electron chi connectivity index (χ2n) is 5.61. The summed E-state index contributed by atoms with van der Waals surface area (Å²) in [6, 6.07) is 2.02. The van der Waals surface area contributed by atoms with Gasteiger partial charge in [0.2, 0.25) is 0 Å². The lowest BCUT2D eigenvalue weighted by atomic mass is 9.65. The van der Waals surface area contributed by atoms with Crippen molar-refractivity contribution >= 4 is 43.2 Å². The van der Waals surface area contributed by atoms with Crippen molar-refractivity contribution < 1.29 is 5.11 Å². The second kappa shape index (κ2) is 6.56. The van der Waals surface area contributed by atoms with Crippen LogP contribution in [-0.4, -0.2) is 11.7 Å². The van der Waals surface area contributed by atoms with Crippen molar-refractivity contribution in [3.8, 4) is 0 Å². The van der Waals surface area contributed by atoms with Crippen LogP contribution in [0.4, 0.5) is 0 Å². The molecule has 1 aromatic rings. The van der Waals surface area contributed by atoms with Gasteiger partial charge in [0.05, 0.1) is 9.89 Å². The van der Waals surface area contributed by atoms with E-state index in [2.05, 4.69) is 38.8 Å². The molecule has 0 amide bonds. The van der Waals surface area contributed by atoms with Crippen LogP contribution >= 0.6 is 43.2 Å². The largest absolute Gasteiger partial charge is 0.387 e. The molecule has 0 saturated heterocycles. The standard InChI is InChI=1S/C14H21Br2NOS/c1-2-9-4-3-5-14(7-9,8-17)12(18)11-6-10(15)13(16)19-11/h6,9,12,18H,2-5,7-8,17H2,1H3. The van der Waals surface area contributed by atoms with Gasteiger partial charge in [-0.1, -0.05) is 26.2 Å². The van der Waals surface area contributed by atoms with E-state index in [9.17, 15) is 5.11 Å². The van der Waals surface area contributed by atoms with E-state index in [1.807, 2.05) is 6.07 Å². The summed E-state index contributed by atoms with van der Waals surface area (Å²) in [5.41, 5.74) is 5.92. The molecule has 2 rings (SSSR count). The summed E-state index contributed by atoms with van der Waals surface area (Å²) in [5, 5.41) is 10.8. The summed E-state index contributed by atoms with van der Waals surface area (Å²) >= 11 is 8.60. The van der Waals surface area contributed by atoms with Gasteiger partial charge in [0.25, 0.3) is 0 Å². The minimum Gasteiger partial charge on any atom is -0.387 e. The minimum atomic E-state index is -0.445. The first-order chi connectivity index (χ1) is 9.02. The molecule has 3 atom stereocenters. The fourth-order valence-electron chi connectivity index (χ4n) is 3.22. The Morgan fingerprint density at radius 1 is 1.58 bits per heavy atom. The summed E-state index contributed by atoms with van der Waals surface area (Å²) in [6.45, 7) is 2.81. The molecule has 3 unspecified atom stereocenters. The first kappa shape index (κ1) is 16.0. The monoisotopic (exact) mass is 409 g/mol. The molecule has 1 fully saturated rings. The van der Waals surface area contributed by atoms with Crippen molar-refractivity contribution in [1.82, 2.24) is 0 Å². The summed E-state index contributed by atoms with van der Waals surface area (Å²) in [4.78, 5) is 1.01. The van der Waals surface area contributed by atoms with Gasteiger partial charge < -0.3 is 10.8 Å². The van der Waals surface area contributed by atoms with E-state index in [0.717, 1.165) is 26.0 Å². The average molecular weight is 411 g/mol. The number of aliphatic hydroxyl groups excluding tert-OH is 1. The molecule has 1 saturated carbocycles. The van der Waals surface area contributed by atoms with E-state index in [0.29, 0.717) is 12.5 Å². The molecule has 108 valence electrons. The molecule has 1 aliphatic carbocycles. The maximum Gasteiger partial charge on any atom is 0.0950 e. The molecule has 0 spiro atoms. The third-order valence-corrected chi connectivity index (χ3v) is 7.79. The van der Waals surface area contributed by atoms with E-state index in [4.69, 9.17) is 5.73 Å². The predicted octanol–water partition coefficient (Wildman–Crippen LogP) is 4.85. The maximum absolute atomic E-state index is 10.8. The highest BCUT2D eigenvalue weighted by Crippen LogP contribution is 2.50. The van der Waals surface area contributed by atoms with Crippen LogP contribution in [0.2, 0.25) is 0 Å². The molecule has 1 aromatic heterocycles. The highest BCUT2D eigenvalue weighted by molar-refractivity contribution is 9.13. The van der Waals surface area contributed by atoms with E-state index in [-0.39, 0.29) is 5.41 Å². The molecule has 0 radical (unpaired) electrons. The summed E-state index contributed by atoms with van der Waals surface area (Å²) < 4.78 is 2.05. The van der Waals surface area contributed by atoms with Crippen molar-refractivity contribution in [2.45, 2.75) is 45.1 Å². The van der Waals surface area contributed by atoms with Crippen LogP contribution in [-0.2, 0) is 0 Å². The average Bonchev–Trinajstić information content (AvgIpc) is 2.77. The van der Waals surface area contributed by atoms with Crippen LogP contribution in [0.5, 0.6) is 0 Å². The van der Waals surface area contributed by atoms with Crippen LogP contribution < -0.4 is 5.73 Å². The Balaban J connectivity index is 2.24. The van der Waals surface area contributed by atoms with Gasteiger partial charge in [-0.2, -0.15) is 0 Å². The van der Waals surface area contributed by atoms with Crippen molar-refractivity contribution in [3.63, 3.8) is 0 Å². The molecule has 3 N–H and O–H groups in total. The Morgan fingerprint density at radius 3 is 2.84 bits per heavy atom. The number of hydrogen-bond acceptors (Lipinski definition) is 3. The number of rotatable bonds is 4. The summed E-state index contributed by atoms with van der Waals surface area (Å²) in [5.74, 6) is 0.707. The van der Waals surface area contributed by atoms with Crippen LogP contribution in [0.1, 0.15) is 50.0 Å². The van der Waals surface area contributed by atoms with Gasteiger partial charge >= 0.3 is 0 Å². The van der Waals surface area contributed by atoms with Crippen LogP contribution in [0.25, 0.3) is 0 Å². The van der Waals surface area contributed by atoms with E-state index >= 15 is 0 Å². The molecule has 0 aliphatic heterocycles. The third-order valence-electron chi connectivity index (χ3n) is 4.48. The maximum atomic E-state index is 10.8. The molecule has 1 heterocycles. The van der Waals surface area contributed by atoms with Crippen molar-refractivity contribution in [2.75, 3.05) is 6.54 Å². The molecular formula is C14H21Br2NOS. The highest BCUT2D eigenvalue weighted by Gasteiger charge is 2.42. The minimum absolute atomic E-state index is 0.136.